The van der Waals surface area contributed by atoms with E-state index in [0.29, 0.717) is 23.8 Å². The van der Waals surface area contributed by atoms with Crippen LogP contribution in [0.3, 0.4) is 0 Å². The van der Waals surface area contributed by atoms with E-state index < -0.39 is 0 Å². The Morgan fingerprint density at radius 3 is 2.40 bits per heavy atom. The number of benzene rings is 2. The average Bonchev–Trinajstić information content (AvgIpc) is 3.29. The molecule has 0 spiro atoms. The van der Waals surface area contributed by atoms with Crippen LogP contribution in [0.15, 0.2) is 24.3 Å². The average molecular weight is 498 g/mol. The van der Waals surface area contributed by atoms with Crippen molar-refractivity contribution in [3.8, 4) is 11.5 Å². The summed E-state index contributed by atoms with van der Waals surface area (Å²) in [6.07, 6.45) is 1.21. The van der Waals surface area contributed by atoms with Crippen LogP contribution in [0.5, 0.6) is 11.5 Å². The second-order valence-electron chi connectivity index (χ2n) is 9.05. The lowest BCUT2D eigenvalue weighted by atomic mass is 9.97. The fourth-order valence-corrected chi connectivity index (χ4v) is 5.85. The lowest BCUT2D eigenvalue weighted by molar-refractivity contribution is -0.118. The smallest absolute Gasteiger partial charge is 0.233 e. The third-order valence-corrected chi connectivity index (χ3v) is 7.65. The number of carbonyl (C=O) groups is 1. The van der Waals surface area contributed by atoms with Crippen molar-refractivity contribution in [2.24, 2.45) is 0 Å². The summed E-state index contributed by atoms with van der Waals surface area (Å²) in [4.78, 5) is 22.9. The van der Waals surface area contributed by atoms with Gasteiger partial charge in [0.2, 0.25) is 5.91 Å². The topological polar surface area (TPSA) is 64.1 Å². The molecular weight excluding hydrogens is 462 g/mol. The summed E-state index contributed by atoms with van der Waals surface area (Å²) in [5.41, 5.74) is 5.33. The van der Waals surface area contributed by atoms with Crippen LogP contribution in [0.2, 0.25) is 0 Å². The van der Waals surface area contributed by atoms with Crippen LogP contribution in [0, 0.1) is 20.8 Å². The van der Waals surface area contributed by atoms with Crippen LogP contribution in [-0.4, -0.2) is 69.4 Å². The highest BCUT2D eigenvalue weighted by Crippen LogP contribution is 2.40. The van der Waals surface area contributed by atoms with Gasteiger partial charge in [-0.25, -0.2) is 4.98 Å². The van der Waals surface area contributed by atoms with Crippen LogP contribution in [-0.2, 0) is 16.0 Å². The van der Waals surface area contributed by atoms with Crippen LogP contribution in [0.25, 0.3) is 10.2 Å². The lowest BCUT2D eigenvalue weighted by Crippen LogP contribution is -2.39. The number of thiazole rings is 1. The second-order valence-corrected chi connectivity index (χ2v) is 10.0. The highest BCUT2D eigenvalue weighted by atomic mass is 32.1. The first-order valence-electron chi connectivity index (χ1n) is 12.1. The van der Waals surface area contributed by atoms with Crippen molar-refractivity contribution in [1.82, 2.24) is 9.88 Å². The van der Waals surface area contributed by atoms with Gasteiger partial charge in [-0.2, -0.15) is 0 Å². The van der Waals surface area contributed by atoms with Gasteiger partial charge in [-0.05, 0) is 56.0 Å². The first-order chi connectivity index (χ1) is 16.9. The number of hydrogen-bond donors (Lipinski definition) is 0. The van der Waals surface area contributed by atoms with E-state index >= 15 is 0 Å². The molecule has 2 aromatic carbocycles. The molecule has 1 amide bonds. The van der Waals surface area contributed by atoms with Crippen molar-refractivity contribution in [2.75, 3.05) is 58.5 Å². The number of anilines is 1. The zero-order valence-electron chi connectivity index (χ0n) is 21.3. The number of fused-ring (bicyclic) bond motifs is 1. The zero-order chi connectivity index (χ0) is 24.9. The Morgan fingerprint density at radius 1 is 1.09 bits per heavy atom. The Balaban J connectivity index is 1.64. The van der Waals surface area contributed by atoms with Gasteiger partial charge >= 0.3 is 0 Å². The number of aryl methyl sites for hydroxylation is 3. The zero-order valence-corrected chi connectivity index (χ0v) is 22.2. The Morgan fingerprint density at radius 2 is 1.74 bits per heavy atom. The Kier molecular flexibility index (Phi) is 8.26. The minimum absolute atomic E-state index is 0.0546. The van der Waals surface area contributed by atoms with E-state index in [1.807, 2.05) is 17.0 Å². The molecule has 7 nitrogen and oxygen atoms in total. The van der Waals surface area contributed by atoms with Gasteiger partial charge < -0.3 is 14.2 Å². The van der Waals surface area contributed by atoms with Gasteiger partial charge in [0.15, 0.2) is 5.13 Å². The number of amides is 1. The quantitative estimate of drug-likeness (QED) is 0.433. The van der Waals surface area contributed by atoms with Crippen molar-refractivity contribution in [3.05, 3.63) is 46.5 Å². The Labute approximate surface area is 211 Å². The van der Waals surface area contributed by atoms with Gasteiger partial charge in [0.05, 0.1) is 33.9 Å². The summed E-state index contributed by atoms with van der Waals surface area (Å²) in [7, 11) is 3.28. The summed E-state index contributed by atoms with van der Waals surface area (Å²) in [5, 5.41) is 0.678. The molecule has 0 radical (unpaired) electrons. The molecule has 0 saturated carbocycles. The summed E-state index contributed by atoms with van der Waals surface area (Å²) in [6.45, 7) is 11.2. The standard InChI is InChI=1S/C27H35N3O4S/c1-18-15-19(2)21(20(3)16-18)17-24(31)30(10-6-9-29-11-13-34-14-12-29)27-28-25-22(32-4)7-8-23(33-5)26(25)35-27/h7-8,15-16H,6,9-14,17H2,1-5H3. The molecule has 8 heteroatoms. The third-order valence-electron chi connectivity index (χ3n) is 6.56. The molecule has 2 heterocycles. The molecule has 1 fully saturated rings. The molecule has 1 aliphatic heterocycles. The Bertz CT molecular complexity index is 1120. The molecule has 0 aliphatic carbocycles. The SMILES string of the molecule is COc1ccc(OC)c2sc(N(CCCN3CCOCC3)C(=O)Cc3c(C)cc(C)cc3C)nc12. The predicted molar refractivity (Wildman–Crippen MR) is 141 cm³/mol. The van der Waals surface area contributed by atoms with E-state index in [0.717, 1.165) is 71.9 Å². The van der Waals surface area contributed by atoms with E-state index in [1.54, 1.807) is 14.2 Å². The third kappa shape index (κ3) is 5.77. The number of aromatic nitrogens is 1. The molecule has 0 unspecified atom stereocenters. The highest BCUT2D eigenvalue weighted by molar-refractivity contribution is 7.22. The van der Waals surface area contributed by atoms with Gasteiger partial charge in [-0.15, -0.1) is 0 Å². The molecule has 0 atom stereocenters. The molecule has 35 heavy (non-hydrogen) atoms. The summed E-state index contributed by atoms with van der Waals surface area (Å²) < 4.78 is 17.5. The molecule has 1 aliphatic rings. The van der Waals surface area contributed by atoms with E-state index in [4.69, 9.17) is 19.2 Å². The van der Waals surface area contributed by atoms with Crippen molar-refractivity contribution in [2.45, 2.75) is 33.6 Å². The van der Waals surface area contributed by atoms with Gasteiger partial charge in [0.25, 0.3) is 0 Å². The van der Waals surface area contributed by atoms with Crippen molar-refractivity contribution < 1.29 is 19.0 Å². The van der Waals surface area contributed by atoms with Gasteiger partial charge in [-0.3, -0.25) is 14.6 Å². The fraction of sp³-hybridized carbons (Fsp3) is 0.481. The molecule has 188 valence electrons. The van der Waals surface area contributed by atoms with Gasteiger partial charge in [0.1, 0.15) is 21.7 Å². The lowest BCUT2D eigenvalue weighted by Gasteiger charge is -2.28. The fourth-order valence-electron chi connectivity index (χ4n) is 4.73. The molecule has 1 aromatic heterocycles. The van der Waals surface area contributed by atoms with Crippen molar-refractivity contribution >= 4 is 32.6 Å². The number of ether oxygens (including phenoxy) is 3. The van der Waals surface area contributed by atoms with E-state index in [-0.39, 0.29) is 5.91 Å². The van der Waals surface area contributed by atoms with Crippen LogP contribution < -0.4 is 14.4 Å². The first kappa shape index (κ1) is 25.4. The summed E-state index contributed by atoms with van der Waals surface area (Å²) in [6, 6.07) is 8.03. The Hall–Kier alpha value is -2.68. The van der Waals surface area contributed by atoms with Crippen LogP contribution >= 0.6 is 11.3 Å². The molecule has 1 saturated heterocycles. The number of morpholine rings is 1. The minimum Gasteiger partial charge on any atom is -0.495 e. The maximum absolute atomic E-state index is 13.8. The molecule has 0 N–H and O–H groups in total. The first-order valence-corrected chi connectivity index (χ1v) is 12.9. The van der Waals surface area contributed by atoms with E-state index in [2.05, 4.69) is 37.8 Å². The highest BCUT2D eigenvalue weighted by Gasteiger charge is 2.24. The number of hydrogen-bond acceptors (Lipinski definition) is 7. The van der Waals surface area contributed by atoms with Crippen LogP contribution in [0.4, 0.5) is 5.13 Å². The maximum atomic E-state index is 13.8. The minimum atomic E-state index is 0.0546. The van der Waals surface area contributed by atoms with Crippen molar-refractivity contribution in [3.63, 3.8) is 0 Å². The maximum Gasteiger partial charge on any atom is 0.233 e. The number of nitrogens with zero attached hydrogens (tertiary/aromatic N) is 3. The van der Waals surface area contributed by atoms with Gasteiger partial charge in [-0.1, -0.05) is 29.0 Å². The summed E-state index contributed by atoms with van der Waals surface area (Å²) in [5.74, 6) is 1.46. The molecule has 0 bridgehead atoms. The number of rotatable bonds is 9. The monoisotopic (exact) mass is 497 g/mol. The molecule has 4 rings (SSSR count). The van der Waals surface area contributed by atoms with Crippen LogP contribution in [0.1, 0.15) is 28.7 Å². The predicted octanol–water partition coefficient (Wildman–Crippen LogP) is 4.54. The van der Waals surface area contributed by atoms with Crippen molar-refractivity contribution in [1.29, 1.82) is 0 Å². The van der Waals surface area contributed by atoms with E-state index in [1.165, 1.54) is 16.9 Å². The van der Waals surface area contributed by atoms with E-state index in [9.17, 15) is 4.79 Å². The second kappa shape index (κ2) is 11.4. The molecular formula is C27H35N3O4S. The normalized spacial score (nSPS) is 14.3. The summed E-state index contributed by atoms with van der Waals surface area (Å²) >= 11 is 1.48. The van der Waals surface area contributed by atoms with Gasteiger partial charge in [0, 0.05) is 26.2 Å². The largest absolute Gasteiger partial charge is 0.495 e. The number of carbonyl (C=O) groups excluding carboxylic acids is 1. The molecule has 3 aromatic rings. The number of methoxy groups -OCH3 is 2.